The van der Waals surface area contributed by atoms with Crippen LogP contribution in [-0.2, 0) is 4.79 Å². The highest BCUT2D eigenvalue weighted by Gasteiger charge is 2.17. The zero-order valence-electron chi connectivity index (χ0n) is 15.5. The van der Waals surface area contributed by atoms with Crippen molar-refractivity contribution in [1.29, 1.82) is 0 Å². The molecular weight excluding hydrogens is 324 g/mol. The Morgan fingerprint density at radius 3 is 2.50 bits per heavy atom. The minimum Gasteiger partial charge on any atom is -0.370 e. The first kappa shape index (κ1) is 18.2. The van der Waals surface area contributed by atoms with Gasteiger partial charge in [-0.05, 0) is 50.5 Å². The second-order valence-corrected chi connectivity index (χ2v) is 7.00. The zero-order valence-corrected chi connectivity index (χ0v) is 15.5. The van der Waals surface area contributed by atoms with Crippen LogP contribution in [0.3, 0.4) is 0 Å². The second kappa shape index (κ2) is 8.17. The van der Waals surface area contributed by atoms with Crippen molar-refractivity contribution in [1.82, 2.24) is 0 Å². The number of Topliss-reactive ketones (excluding diaryl/α,β-unsaturated/α-hetero) is 1. The highest BCUT2D eigenvalue weighted by molar-refractivity contribution is 6.01. The van der Waals surface area contributed by atoms with Crippen molar-refractivity contribution >= 4 is 23.1 Å². The monoisotopic (exact) mass is 350 g/mol. The molecule has 0 aliphatic carbocycles. The molecule has 2 aromatic carbocycles. The van der Waals surface area contributed by atoms with E-state index in [-0.39, 0.29) is 24.5 Å². The van der Waals surface area contributed by atoms with Gasteiger partial charge >= 0.3 is 0 Å². The third kappa shape index (κ3) is 4.31. The van der Waals surface area contributed by atoms with Crippen molar-refractivity contribution in [3.8, 4) is 0 Å². The molecule has 1 N–H and O–H groups in total. The Morgan fingerprint density at radius 2 is 1.73 bits per heavy atom. The van der Waals surface area contributed by atoms with Crippen molar-refractivity contribution in [3.63, 3.8) is 0 Å². The van der Waals surface area contributed by atoms with E-state index in [0.717, 1.165) is 41.2 Å². The van der Waals surface area contributed by atoms with Crippen LogP contribution in [0.4, 0.5) is 11.4 Å². The molecule has 4 heteroatoms. The topological polar surface area (TPSA) is 49.4 Å². The number of nitrogens with one attached hydrogen (secondary N) is 1. The van der Waals surface area contributed by atoms with Gasteiger partial charge in [0.05, 0.1) is 11.4 Å². The number of para-hydroxylation sites is 2. The van der Waals surface area contributed by atoms with E-state index in [1.807, 2.05) is 56.3 Å². The normalized spacial score (nSPS) is 13.7. The van der Waals surface area contributed by atoms with E-state index in [4.69, 9.17) is 0 Å². The van der Waals surface area contributed by atoms with Gasteiger partial charge in [-0.3, -0.25) is 9.59 Å². The highest BCUT2D eigenvalue weighted by atomic mass is 16.2. The van der Waals surface area contributed by atoms with Crippen LogP contribution in [0.15, 0.2) is 42.5 Å². The molecule has 0 unspecified atom stereocenters. The quantitative estimate of drug-likeness (QED) is 0.780. The summed E-state index contributed by atoms with van der Waals surface area (Å²) in [6.07, 6.45) is 2.79. The highest BCUT2D eigenvalue weighted by Crippen LogP contribution is 2.28. The van der Waals surface area contributed by atoms with Crippen LogP contribution in [0.1, 0.15) is 47.2 Å². The molecular formula is C22H26N2O2. The number of hydrogen-bond donors (Lipinski definition) is 1. The summed E-state index contributed by atoms with van der Waals surface area (Å²) in [6.45, 7) is 5.95. The summed E-state index contributed by atoms with van der Waals surface area (Å²) in [4.78, 5) is 27.2. The maximum atomic E-state index is 12.5. The van der Waals surface area contributed by atoms with Crippen LogP contribution in [0.2, 0.25) is 0 Å². The average Bonchev–Trinajstić information content (AvgIpc) is 3.16. The number of ketones is 1. The Hall–Kier alpha value is -2.62. The minimum atomic E-state index is -0.115. The first-order chi connectivity index (χ1) is 12.5. The van der Waals surface area contributed by atoms with E-state index < -0.39 is 0 Å². The fraction of sp³-hybridized carbons (Fsp3) is 0.364. The SMILES string of the molecule is Cc1ccc(C)c(C(=O)CCC(=O)Nc2ccccc2N2CCCC2)c1. The van der Waals surface area contributed by atoms with E-state index in [0.29, 0.717) is 0 Å². The van der Waals surface area contributed by atoms with Gasteiger partial charge in [-0.15, -0.1) is 0 Å². The third-order valence-electron chi connectivity index (χ3n) is 4.90. The fourth-order valence-electron chi connectivity index (χ4n) is 3.42. The van der Waals surface area contributed by atoms with Gasteiger partial charge in [-0.25, -0.2) is 0 Å². The summed E-state index contributed by atoms with van der Waals surface area (Å²) in [6, 6.07) is 13.7. The summed E-state index contributed by atoms with van der Waals surface area (Å²) >= 11 is 0. The van der Waals surface area contributed by atoms with E-state index in [1.54, 1.807) is 0 Å². The lowest BCUT2D eigenvalue weighted by Crippen LogP contribution is -2.21. The molecule has 4 nitrogen and oxygen atoms in total. The Morgan fingerprint density at radius 1 is 1.00 bits per heavy atom. The van der Waals surface area contributed by atoms with Crippen molar-refractivity contribution in [2.45, 2.75) is 39.5 Å². The molecule has 1 aliphatic heterocycles. The van der Waals surface area contributed by atoms with Gasteiger partial charge in [0.1, 0.15) is 0 Å². The largest absolute Gasteiger partial charge is 0.370 e. The van der Waals surface area contributed by atoms with Crippen LogP contribution in [0, 0.1) is 13.8 Å². The Bertz CT molecular complexity index is 808. The molecule has 2 aromatic rings. The number of nitrogens with zero attached hydrogens (tertiary/aromatic N) is 1. The summed E-state index contributed by atoms with van der Waals surface area (Å²) in [5.74, 6) is -0.0931. The van der Waals surface area contributed by atoms with E-state index in [1.165, 1.54) is 12.8 Å². The first-order valence-electron chi connectivity index (χ1n) is 9.29. The minimum absolute atomic E-state index is 0.0224. The van der Waals surface area contributed by atoms with Crippen LogP contribution >= 0.6 is 0 Å². The summed E-state index contributed by atoms with van der Waals surface area (Å²) in [7, 11) is 0. The van der Waals surface area contributed by atoms with Gasteiger partial charge in [-0.1, -0.05) is 29.8 Å². The molecule has 1 saturated heterocycles. The number of benzene rings is 2. The molecule has 1 amide bonds. The number of aryl methyl sites for hydroxylation is 2. The lowest BCUT2D eigenvalue weighted by molar-refractivity contribution is -0.116. The second-order valence-electron chi connectivity index (χ2n) is 7.00. The lowest BCUT2D eigenvalue weighted by atomic mass is 9.99. The van der Waals surface area contributed by atoms with E-state index in [2.05, 4.69) is 10.2 Å². The van der Waals surface area contributed by atoms with Crippen molar-refractivity contribution < 1.29 is 9.59 Å². The molecule has 0 atom stereocenters. The predicted octanol–water partition coefficient (Wildman–Crippen LogP) is 4.51. The number of hydrogen-bond acceptors (Lipinski definition) is 3. The van der Waals surface area contributed by atoms with Crippen molar-refractivity contribution in [3.05, 3.63) is 59.2 Å². The maximum absolute atomic E-state index is 12.5. The summed E-state index contributed by atoms with van der Waals surface area (Å²) < 4.78 is 0. The van der Waals surface area contributed by atoms with Crippen molar-refractivity contribution in [2.75, 3.05) is 23.3 Å². The number of anilines is 2. The predicted molar refractivity (Wildman–Crippen MR) is 106 cm³/mol. The van der Waals surface area contributed by atoms with Crippen LogP contribution in [0.25, 0.3) is 0 Å². The summed E-state index contributed by atoms with van der Waals surface area (Å²) in [5, 5.41) is 2.99. The van der Waals surface area contributed by atoms with Gasteiger partial charge < -0.3 is 10.2 Å². The van der Waals surface area contributed by atoms with Gasteiger partial charge in [-0.2, -0.15) is 0 Å². The summed E-state index contributed by atoms with van der Waals surface area (Å²) in [5.41, 5.74) is 4.64. The standard InChI is InChI=1S/C22H26N2O2/c1-16-9-10-17(2)18(15-16)21(25)11-12-22(26)23-19-7-3-4-8-20(19)24-13-5-6-14-24/h3-4,7-10,15H,5-6,11-14H2,1-2H3,(H,23,26). The average molecular weight is 350 g/mol. The third-order valence-corrected chi connectivity index (χ3v) is 4.90. The smallest absolute Gasteiger partial charge is 0.224 e. The van der Waals surface area contributed by atoms with E-state index >= 15 is 0 Å². The molecule has 0 saturated carbocycles. The molecule has 0 spiro atoms. The first-order valence-corrected chi connectivity index (χ1v) is 9.29. The van der Waals surface area contributed by atoms with E-state index in [9.17, 15) is 9.59 Å². The van der Waals surface area contributed by atoms with Crippen LogP contribution in [-0.4, -0.2) is 24.8 Å². The lowest BCUT2D eigenvalue weighted by Gasteiger charge is -2.21. The Kier molecular flexibility index (Phi) is 5.71. The Labute approximate surface area is 155 Å². The van der Waals surface area contributed by atoms with Gasteiger partial charge in [0.15, 0.2) is 5.78 Å². The van der Waals surface area contributed by atoms with Crippen LogP contribution < -0.4 is 10.2 Å². The molecule has 0 radical (unpaired) electrons. The Balaban J connectivity index is 1.61. The van der Waals surface area contributed by atoms with Crippen LogP contribution in [0.5, 0.6) is 0 Å². The molecule has 1 aliphatic rings. The molecule has 1 fully saturated rings. The number of carbonyl (C=O) groups excluding carboxylic acids is 2. The van der Waals surface area contributed by atoms with Gasteiger partial charge in [0, 0.05) is 31.5 Å². The number of amides is 1. The molecule has 0 aromatic heterocycles. The van der Waals surface area contributed by atoms with Gasteiger partial charge in [0.2, 0.25) is 5.91 Å². The number of rotatable bonds is 6. The molecule has 0 bridgehead atoms. The number of carbonyl (C=O) groups is 2. The molecule has 136 valence electrons. The fourth-order valence-corrected chi connectivity index (χ4v) is 3.42. The molecule has 1 heterocycles. The molecule has 26 heavy (non-hydrogen) atoms. The zero-order chi connectivity index (χ0) is 18.5. The maximum Gasteiger partial charge on any atom is 0.224 e. The van der Waals surface area contributed by atoms with Gasteiger partial charge in [0.25, 0.3) is 0 Å². The van der Waals surface area contributed by atoms with Crippen molar-refractivity contribution in [2.24, 2.45) is 0 Å². The molecule has 3 rings (SSSR count).